The van der Waals surface area contributed by atoms with E-state index in [-0.39, 0.29) is 6.10 Å². The first-order chi connectivity index (χ1) is 12.3. The molecule has 0 radical (unpaired) electrons. The standard InChI is InChI=1S/C23H24O2/c24-23(21-10-2-1-3-11-21)15-7-6-12-22(23)25-17-18-13-14-19-8-4-5-9-20(19)16-18/h1-5,8-11,13-14,16,22,24H,6-7,12,15,17H2/t22-,23-/m1/s1. The molecule has 0 bridgehead atoms. The maximum atomic E-state index is 11.3. The van der Waals surface area contributed by atoms with E-state index in [4.69, 9.17) is 4.74 Å². The Kier molecular flexibility index (Phi) is 4.56. The highest BCUT2D eigenvalue weighted by atomic mass is 16.5. The first-order valence-corrected chi connectivity index (χ1v) is 9.13. The average Bonchev–Trinajstić information content (AvgIpc) is 2.68. The first kappa shape index (κ1) is 16.3. The van der Waals surface area contributed by atoms with Crippen LogP contribution in [-0.4, -0.2) is 11.2 Å². The fourth-order valence-corrected chi connectivity index (χ4v) is 3.93. The molecule has 0 amide bonds. The molecular formula is C23H24O2. The summed E-state index contributed by atoms with van der Waals surface area (Å²) < 4.78 is 6.24. The zero-order chi connectivity index (χ0) is 17.1. The topological polar surface area (TPSA) is 29.5 Å². The van der Waals surface area contributed by atoms with Gasteiger partial charge in [-0.2, -0.15) is 0 Å². The van der Waals surface area contributed by atoms with Crippen LogP contribution in [0.1, 0.15) is 36.8 Å². The summed E-state index contributed by atoms with van der Waals surface area (Å²) in [6, 6.07) is 24.8. The van der Waals surface area contributed by atoms with Gasteiger partial charge in [-0.1, -0.05) is 79.6 Å². The van der Waals surface area contributed by atoms with E-state index in [0.717, 1.165) is 36.8 Å². The van der Waals surface area contributed by atoms with Crippen molar-refractivity contribution in [3.05, 3.63) is 83.9 Å². The average molecular weight is 332 g/mol. The summed E-state index contributed by atoms with van der Waals surface area (Å²) >= 11 is 0. The van der Waals surface area contributed by atoms with E-state index in [9.17, 15) is 5.11 Å². The van der Waals surface area contributed by atoms with Crippen LogP contribution in [0.15, 0.2) is 72.8 Å². The molecule has 0 spiro atoms. The van der Waals surface area contributed by atoms with Gasteiger partial charge in [-0.3, -0.25) is 0 Å². The molecule has 3 aromatic rings. The van der Waals surface area contributed by atoms with E-state index in [1.165, 1.54) is 10.8 Å². The molecular weight excluding hydrogens is 308 g/mol. The van der Waals surface area contributed by atoms with Crippen LogP contribution in [0.5, 0.6) is 0 Å². The Hall–Kier alpha value is -2.16. The molecule has 2 atom stereocenters. The summed E-state index contributed by atoms with van der Waals surface area (Å²) in [5.74, 6) is 0. The Morgan fingerprint density at radius 2 is 1.64 bits per heavy atom. The monoisotopic (exact) mass is 332 g/mol. The lowest BCUT2D eigenvalue weighted by Crippen LogP contribution is -2.43. The zero-order valence-corrected chi connectivity index (χ0v) is 14.4. The molecule has 1 aliphatic rings. The van der Waals surface area contributed by atoms with Crippen LogP contribution in [0, 0.1) is 0 Å². The molecule has 1 saturated carbocycles. The van der Waals surface area contributed by atoms with Crippen molar-refractivity contribution < 1.29 is 9.84 Å². The highest BCUT2D eigenvalue weighted by Gasteiger charge is 2.41. The second-order valence-electron chi connectivity index (χ2n) is 7.02. The molecule has 0 saturated heterocycles. The lowest BCUT2D eigenvalue weighted by Gasteiger charge is -2.40. The zero-order valence-electron chi connectivity index (χ0n) is 14.4. The van der Waals surface area contributed by atoms with Gasteiger partial charge in [-0.25, -0.2) is 0 Å². The summed E-state index contributed by atoms with van der Waals surface area (Å²) in [4.78, 5) is 0. The minimum atomic E-state index is -0.879. The van der Waals surface area contributed by atoms with E-state index in [1.54, 1.807) is 0 Å². The molecule has 25 heavy (non-hydrogen) atoms. The molecule has 1 aliphatic carbocycles. The summed E-state index contributed by atoms with van der Waals surface area (Å²) in [5.41, 5.74) is 1.24. The molecule has 2 nitrogen and oxygen atoms in total. The molecule has 3 aromatic carbocycles. The highest BCUT2D eigenvalue weighted by molar-refractivity contribution is 5.82. The second-order valence-corrected chi connectivity index (χ2v) is 7.02. The number of aliphatic hydroxyl groups is 1. The normalized spacial score (nSPS) is 23.6. The second kappa shape index (κ2) is 6.99. The van der Waals surface area contributed by atoms with Gasteiger partial charge in [0.1, 0.15) is 5.60 Å². The molecule has 1 fully saturated rings. The highest BCUT2D eigenvalue weighted by Crippen LogP contribution is 2.39. The van der Waals surface area contributed by atoms with Crippen LogP contribution in [0.4, 0.5) is 0 Å². The third kappa shape index (κ3) is 3.33. The van der Waals surface area contributed by atoms with Gasteiger partial charge in [0.15, 0.2) is 0 Å². The first-order valence-electron chi connectivity index (χ1n) is 9.13. The number of fused-ring (bicyclic) bond motifs is 1. The summed E-state index contributed by atoms with van der Waals surface area (Å²) in [7, 11) is 0. The lowest BCUT2D eigenvalue weighted by atomic mass is 9.77. The van der Waals surface area contributed by atoms with Crippen molar-refractivity contribution in [1.29, 1.82) is 0 Å². The van der Waals surface area contributed by atoms with Gasteiger partial charge in [-0.15, -0.1) is 0 Å². The van der Waals surface area contributed by atoms with Gasteiger partial charge in [0.2, 0.25) is 0 Å². The van der Waals surface area contributed by atoms with Crippen LogP contribution in [0.2, 0.25) is 0 Å². The lowest BCUT2D eigenvalue weighted by molar-refractivity contribution is -0.142. The predicted octanol–water partition coefficient (Wildman–Crippen LogP) is 5.19. The predicted molar refractivity (Wildman–Crippen MR) is 101 cm³/mol. The van der Waals surface area contributed by atoms with Crippen molar-refractivity contribution >= 4 is 10.8 Å². The van der Waals surface area contributed by atoms with Crippen molar-refractivity contribution in [3.8, 4) is 0 Å². The third-order valence-corrected chi connectivity index (χ3v) is 5.35. The summed E-state index contributed by atoms with van der Waals surface area (Å²) in [6.45, 7) is 0.532. The van der Waals surface area contributed by atoms with Gasteiger partial charge in [-0.05, 0) is 40.8 Å². The van der Waals surface area contributed by atoms with E-state index in [1.807, 2.05) is 30.3 Å². The molecule has 128 valence electrons. The van der Waals surface area contributed by atoms with E-state index in [2.05, 4.69) is 42.5 Å². The Labute approximate surface area is 149 Å². The van der Waals surface area contributed by atoms with Crippen LogP contribution in [0.25, 0.3) is 10.8 Å². The fourth-order valence-electron chi connectivity index (χ4n) is 3.93. The van der Waals surface area contributed by atoms with E-state index in [0.29, 0.717) is 6.61 Å². The molecule has 0 aliphatic heterocycles. The Morgan fingerprint density at radius 1 is 0.880 bits per heavy atom. The van der Waals surface area contributed by atoms with Crippen molar-refractivity contribution in [1.82, 2.24) is 0 Å². The summed E-state index contributed by atoms with van der Waals surface area (Å²) in [5, 5.41) is 13.8. The quantitative estimate of drug-likeness (QED) is 0.713. The smallest absolute Gasteiger partial charge is 0.116 e. The molecule has 0 heterocycles. The number of hydrogen-bond donors (Lipinski definition) is 1. The molecule has 2 heteroatoms. The molecule has 4 rings (SSSR count). The Morgan fingerprint density at radius 3 is 2.48 bits per heavy atom. The van der Waals surface area contributed by atoms with Gasteiger partial charge >= 0.3 is 0 Å². The van der Waals surface area contributed by atoms with Gasteiger partial charge in [0.25, 0.3) is 0 Å². The molecule has 0 aromatic heterocycles. The number of hydrogen-bond acceptors (Lipinski definition) is 2. The fraction of sp³-hybridized carbons (Fsp3) is 0.304. The van der Waals surface area contributed by atoms with E-state index >= 15 is 0 Å². The van der Waals surface area contributed by atoms with Crippen molar-refractivity contribution in [2.24, 2.45) is 0 Å². The molecule has 1 N–H and O–H groups in total. The number of ether oxygens (including phenoxy) is 1. The maximum Gasteiger partial charge on any atom is 0.116 e. The largest absolute Gasteiger partial charge is 0.382 e. The van der Waals surface area contributed by atoms with Crippen molar-refractivity contribution in [3.63, 3.8) is 0 Å². The van der Waals surface area contributed by atoms with Crippen LogP contribution < -0.4 is 0 Å². The van der Waals surface area contributed by atoms with Crippen LogP contribution in [0.3, 0.4) is 0 Å². The maximum absolute atomic E-state index is 11.3. The Balaban J connectivity index is 1.53. The Bertz CT molecular complexity index is 843. The van der Waals surface area contributed by atoms with Gasteiger partial charge in [0.05, 0.1) is 12.7 Å². The van der Waals surface area contributed by atoms with Gasteiger partial charge in [0, 0.05) is 0 Å². The van der Waals surface area contributed by atoms with Crippen molar-refractivity contribution in [2.75, 3.05) is 0 Å². The van der Waals surface area contributed by atoms with Gasteiger partial charge < -0.3 is 9.84 Å². The van der Waals surface area contributed by atoms with Crippen LogP contribution >= 0.6 is 0 Å². The number of benzene rings is 3. The molecule has 0 unspecified atom stereocenters. The minimum absolute atomic E-state index is 0.157. The van der Waals surface area contributed by atoms with Crippen molar-refractivity contribution in [2.45, 2.75) is 44.0 Å². The van der Waals surface area contributed by atoms with Crippen LogP contribution in [-0.2, 0) is 16.9 Å². The number of rotatable bonds is 4. The summed E-state index contributed by atoms with van der Waals surface area (Å²) in [6.07, 6.45) is 3.66. The van der Waals surface area contributed by atoms with E-state index < -0.39 is 5.60 Å². The minimum Gasteiger partial charge on any atom is -0.382 e. The third-order valence-electron chi connectivity index (χ3n) is 5.35. The SMILES string of the molecule is O[C@@]1(c2ccccc2)CCCC[C@H]1OCc1ccc2ccccc2c1.